The van der Waals surface area contributed by atoms with Crippen LogP contribution < -0.4 is 4.74 Å². The maximum absolute atomic E-state index is 12.3. The SMILES string of the molecule is CC#COC1C(=O)c2cccc(OCCCC)c2C1=O. The van der Waals surface area contributed by atoms with Gasteiger partial charge in [-0.3, -0.25) is 9.59 Å². The lowest BCUT2D eigenvalue weighted by atomic mass is 10.1. The summed E-state index contributed by atoms with van der Waals surface area (Å²) < 4.78 is 10.6. The number of ketones is 2. The third-order valence-electron chi connectivity index (χ3n) is 3.05. The number of carbonyl (C=O) groups excluding carboxylic acids is 2. The van der Waals surface area contributed by atoms with Gasteiger partial charge in [0, 0.05) is 12.5 Å². The molecule has 20 heavy (non-hydrogen) atoms. The van der Waals surface area contributed by atoms with E-state index in [0.717, 1.165) is 12.8 Å². The molecule has 1 unspecified atom stereocenters. The standard InChI is InChI=1S/C16H16O4/c1-3-5-10-19-12-8-6-7-11-13(12)15(18)16(14(11)17)20-9-4-2/h6-8,16H,3,5,10H2,1-2H3. The van der Waals surface area contributed by atoms with Gasteiger partial charge in [-0.2, -0.15) is 0 Å². The van der Waals surface area contributed by atoms with Crippen molar-refractivity contribution in [3.05, 3.63) is 29.3 Å². The van der Waals surface area contributed by atoms with Crippen LogP contribution in [0.4, 0.5) is 0 Å². The van der Waals surface area contributed by atoms with Gasteiger partial charge >= 0.3 is 0 Å². The van der Waals surface area contributed by atoms with E-state index in [0.29, 0.717) is 23.5 Å². The fraction of sp³-hybridized carbons (Fsp3) is 0.375. The number of hydrogen-bond donors (Lipinski definition) is 0. The van der Waals surface area contributed by atoms with Gasteiger partial charge in [-0.05, 0) is 12.5 Å². The molecular formula is C16H16O4. The van der Waals surface area contributed by atoms with E-state index in [4.69, 9.17) is 9.47 Å². The van der Waals surface area contributed by atoms with Gasteiger partial charge in [0.15, 0.2) is 0 Å². The Hall–Kier alpha value is -2.28. The first kappa shape index (κ1) is 14.1. The summed E-state index contributed by atoms with van der Waals surface area (Å²) >= 11 is 0. The van der Waals surface area contributed by atoms with E-state index < -0.39 is 6.10 Å². The summed E-state index contributed by atoms with van der Waals surface area (Å²) in [6, 6.07) is 5.03. The lowest BCUT2D eigenvalue weighted by Gasteiger charge is -2.08. The van der Waals surface area contributed by atoms with Crippen LogP contribution in [0, 0.1) is 12.0 Å². The minimum Gasteiger partial charge on any atom is -0.493 e. The maximum Gasteiger partial charge on any atom is 0.235 e. The largest absolute Gasteiger partial charge is 0.493 e. The predicted octanol–water partition coefficient (Wildman–Crippen LogP) is 2.61. The van der Waals surface area contributed by atoms with Gasteiger partial charge in [0.1, 0.15) is 11.9 Å². The lowest BCUT2D eigenvalue weighted by molar-refractivity contribution is 0.0658. The summed E-state index contributed by atoms with van der Waals surface area (Å²) in [5.41, 5.74) is 0.670. The molecule has 1 atom stereocenters. The van der Waals surface area contributed by atoms with Crippen LogP contribution in [-0.2, 0) is 4.74 Å². The van der Waals surface area contributed by atoms with E-state index in [1.165, 1.54) is 0 Å². The van der Waals surface area contributed by atoms with E-state index in [1.54, 1.807) is 25.1 Å². The molecule has 0 saturated carbocycles. The molecule has 0 heterocycles. The molecular weight excluding hydrogens is 256 g/mol. The van der Waals surface area contributed by atoms with Crippen LogP contribution >= 0.6 is 0 Å². The molecule has 1 aliphatic carbocycles. The summed E-state index contributed by atoms with van der Waals surface area (Å²) in [5, 5.41) is 0. The van der Waals surface area contributed by atoms with Gasteiger partial charge in [0.05, 0.1) is 12.2 Å². The zero-order valence-corrected chi connectivity index (χ0v) is 11.6. The number of rotatable bonds is 5. The summed E-state index contributed by atoms with van der Waals surface area (Å²) in [7, 11) is 0. The Morgan fingerprint density at radius 3 is 2.75 bits per heavy atom. The number of hydrogen-bond acceptors (Lipinski definition) is 4. The van der Waals surface area contributed by atoms with E-state index in [-0.39, 0.29) is 11.6 Å². The first-order valence-corrected chi connectivity index (χ1v) is 6.62. The second-order valence-corrected chi connectivity index (χ2v) is 4.46. The van der Waals surface area contributed by atoms with Gasteiger partial charge in [-0.25, -0.2) is 0 Å². The van der Waals surface area contributed by atoms with Crippen molar-refractivity contribution in [2.45, 2.75) is 32.8 Å². The average molecular weight is 272 g/mol. The Kier molecular flexibility index (Phi) is 4.41. The van der Waals surface area contributed by atoms with Crippen molar-refractivity contribution in [1.82, 2.24) is 0 Å². The topological polar surface area (TPSA) is 52.6 Å². The molecule has 0 saturated heterocycles. The summed E-state index contributed by atoms with van der Waals surface area (Å²) in [4.78, 5) is 24.4. The zero-order valence-electron chi connectivity index (χ0n) is 11.6. The Morgan fingerprint density at radius 1 is 1.25 bits per heavy atom. The molecule has 104 valence electrons. The molecule has 1 aromatic rings. The highest BCUT2D eigenvalue weighted by molar-refractivity contribution is 6.29. The number of ether oxygens (including phenoxy) is 2. The Morgan fingerprint density at radius 2 is 2.05 bits per heavy atom. The highest BCUT2D eigenvalue weighted by Gasteiger charge is 2.42. The zero-order chi connectivity index (χ0) is 14.5. The number of Topliss-reactive ketones (excluding diaryl/α,β-unsaturated/α-hetero) is 2. The fourth-order valence-corrected chi connectivity index (χ4v) is 2.05. The van der Waals surface area contributed by atoms with Crippen LogP contribution in [0.2, 0.25) is 0 Å². The molecule has 0 bridgehead atoms. The molecule has 2 rings (SSSR count). The number of unbranched alkanes of at least 4 members (excludes halogenated alkanes) is 1. The third-order valence-corrected chi connectivity index (χ3v) is 3.05. The van der Waals surface area contributed by atoms with Gasteiger partial charge in [0.25, 0.3) is 0 Å². The van der Waals surface area contributed by atoms with Crippen LogP contribution in [0.15, 0.2) is 18.2 Å². The van der Waals surface area contributed by atoms with Crippen molar-refractivity contribution in [1.29, 1.82) is 0 Å². The minimum atomic E-state index is -1.16. The van der Waals surface area contributed by atoms with Crippen molar-refractivity contribution in [2.24, 2.45) is 0 Å². The summed E-state index contributed by atoms with van der Waals surface area (Å²) in [6.07, 6.45) is 3.06. The summed E-state index contributed by atoms with van der Waals surface area (Å²) in [5.74, 6) is 2.23. The molecule has 0 aromatic heterocycles. The van der Waals surface area contributed by atoms with Gasteiger partial charge in [0.2, 0.25) is 17.7 Å². The van der Waals surface area contributed by atoms with Crippen molar-refractivity contribution >= 4 is 11.6 Å². The molecule has 0 amide bonds. The van der Waals surface area contributed by atoms with Crippen molar-refractivity contribution in [2.75, 3.05) is 6.61 Å². The van der Waals surface area contributed by atoms with Crippen molar-refractivity contribution in [3.8, 4) is 17.8 Å². The highest BCUT2D eigenvalue weighted by atomic mass is 16.5. The molecule has 0 radical (unpaired) electrons. The van der Waals surface area contributed by atoms with E-state index in [9.17, 15) is 9.59 Å². The minimum absolute atomic E-state index is 0.316. The van der Waals surface area contributed by atoms with Crippen molar-refractivity contribution in [3.63, 3.8) is 0 Å². The second kappa shape index (κ2) is 6.25. The van der Waals surface area contributed by atoms with Gasteiger partial charge in [-0.1, -0.05) is 31.4 Å². The van der Waals surface area contributed by atoms with Crippen LogP contribution in [0.3, 0.4) is 0 Å². The third kappa shape index (κ3) is 2.53. The van der Waals surface area contributed by atoms with Crippen LogP contribution in [0.5, 0.6) is 5.75 Å². The quantitative estimate of drug-likeness (QED) is 0.469. The maximum atomic E-state index is 12.3. The first-order valence-electron chi connectivity index (χ1n) is 6.62. The smallest absolute Gasteiger partial charge is 0.235 e. The van der Waals surface area contributed by atoms with Gasteiger partial charge in [-0.15, -0.1) is 0 Å². The molecule has 0 spiro atoms. The summed E-state index contributed by atoms with van der Waals surface area (Å²) in [6.45, 7) is 4.16. The number of carbonyl (C=O) groups is 2. The average Bonchev–Trinajstić information content (AvgIpc) is 2.70. The molecule has 1 aliphatic rings. The Balaban J connectivity index is 2.29. The molecule has 0 fully saturated rings. The van der Waals surface area contributed by atoms with E-state index in [2.05, 4.69) is 19.0 Å². The fourth-order valence-electron chi connectivity index (χ4n) is 2.05. The van der Waals surface area contributed by atoms with Crippen molar-refractivity contribution < 1.29 is 19.1 Å². The van der Waals surface area contributed by atoms with Crippen LogP contribution in [0.25, 0.3) is 0 Å². The lowest BCUT2D eigenvalue weighted by Crippen LogP contribution is -2.24. The monoisotopic (exact) mass is 272 g/mol. The second-order valence-electron chi connectivity index (χ2n) is 4.46. The Labute approximate surface area is 118 Å². The molecule has 0 aliphatic heterocycles. The molecule has 1 aromatic carbocycles. The van der Waals surface area contributed by atoms with Crippen LogP contribution in [0.1, 0.15) is 47.4 Å². The number of fused-ring (bicyclic) bond motifs is 1. The normalized spacial score (nSPS) is 16.4. The molecule has 0 N–H and O–H groups in total. The van der Waals surface area contributed by atoms with Gasteiger partial charge < -0.3 is 9.47 Å². The number of benzene rings is 1. The highest BCUT2D eigenvalue weighted by Crippen LogP contribution is 2.32. The molecule has 4 heteroatoms. The first-order chi connectivity index (χ1) is 9.70. The molecule has 4 nitrogen and oxygen atoms in total. The van der Waals surface area contributed by atoms with E-state index in [1.807, 2.05) is 0 Å². The van der Waals surface area contributed by atoms with E-state index >= 15 is 0 Å². The Bertz CT molecular complexity index is 592. The predicted molar refractivity (Wildman–Crippen MR) is 73.8 cm³/mol. The van der Waals surface area contributed by atoms with Crippen LogP contribution in [-0.4, -0.2) is 24.3 Å².